The van der Waals surface area contributed by atoms with E-state index >= 15 is 0 Å². The van der Waals surface area contributed by atoms with Crippen molar-refractivity contribution in [1.82, 2.24) is 5.32 Å². The minimum Gasteiger partial charge on any atom is -0.394 e. The van der Waals surface area contributed by atoms with Gasteiger partial charge in [-0.2, -0.15) is 0 Å². The molecule has 0 aliphatic rings. The first-order valence-corrected chi connectivity index (χ1v) is 4.09. The van der Waals surface area contributed by atoms with Gasteiger partial charge in [0.15, 0.2) is 0 Å². The molecule has 0 aromatic heterocycles. The highest BCUT2D eigenvalue weighted by atomic mass is 16.3. The third-order valence-corrected chi connectivity index (χ3v) is 2.05. The highest BCUT2D eigenvalue weighted by molar-refractivity contribution is 5.01. The highest BCUT2D eigenvalue weighted by Crippen LogP contribution is 2.08. The van der Waals surface area contributed by atoms with E-state index in [0.29, 0.717) is 6.42 Å². The normalized spacial score (nSPS) is 13.9. The zero-order valence-electron chi connectivity index (χ0n) is 7.67. The predicted molar refractivity (Wildman–Crippen MR) is 48.6 cm³/mol. The van der Waals surface area contributed by atoms with Gasteiger partial charge in [-0.15, -0.1) is 6.42 Å². The van der Waals surface area contributed by atoms with E-state index in [-0.39, 0.29) is 19.3 Å². The van der Waals surface area contributed by atoms with Crippen LogP contribution in [0.4, 0.5) is 0 Å². The summed E-state index contributed by atoms with van der Waals surface area (Å²) in [6.07, 6.45) is 5.81. The predicted octanol–water partition coefficient (Wildman–Crippen LogP) is -0.269. The Morgan fingerprint density at radius 3 is 2.25 bits per heavy atom. The second-order valence-electron chi connectivity index (χ2n) is 2.98. The van der Waals surface area contributed by atoms with E-state index in [4.69, 9.17) is 16.6 Å². The van der Waals surface area contributed by atoms with Gasteiger partial charge >= 0.3 is 0 Å². The minimum atomic E-state index is -0.633. The Morgan fingerprint density at radius 1 is 1.50 bits per heavy atom. The quantitative estimate of drug-likeness (QED) is 0.499. The molecule has 0 aromatic carbocycles. The van der Waals surface area contributed by atoms with Gasteiger partial charge < -0.3 is 10.2 Å². The third kappa shape index (κ3) is 2.82. The van der Waals surface area contributed by atoms with E-state index in [1.807, 2.05) is 13.8 Å². The Hall–Kier alpha value is -0.560. The van der Waals surface area contributed by atoms with Gasteiger partial charge in [-0.3, -0.25) is 5.32 Å². The molecule has 70 valence electrons. The van der Waals surface area contributed by atoms with Crippen LogP contribution < -0.4 is 5.32 Å². The molecular formula is C9H17NO2. The molecule has 0 bridgehead atoms. The Labute approximate surface area is 73.8 Å². The van der Waals surface area contributed by atoms with E-state index in [1.165, 1.54) is 0 Å². The van der Waals surface area contributed by atoms with Crippen LogP contribution in [0.1, 0.15) is 20.3 Å². The summed E-state index contributed by atoms with van der Waals surface area (Å²) in [7, 11) is 0. The zero-order chi connectivity index (χ0) is 9.61. The molecule has 0 spiro atoms. The van der Waals surface area contributed by atoms with Crippen LogP contribution >= 0.6 is 0 Å². The molecule has 0 saturated heterocycles. The van der Waals surface area contributed by atoms with Crippen molar-refractivity contribution >= 4 is 0 Å². The van der Waals surface area contributed by atoms with Gasteiger partial charge in [0.25, 0.3) is 0 Å². The molecular weight excluding hydrogens is 154 g/mol. The minimum absolute atomic E-state index is 0.105. The molecule has 3 nitrogen and oxygen atoms in total. The topological polar surface area (TPSA) is 52.5 Å². The van der Waals surface area contributed by atoms with Crippen LogP contribution in [0.5, 0.6) is 0 Å². The molecule has 0 radical (unpaired) electrons. The number of hydrogen-bond acceptors (Lipinski definition) is 3. The van der Waals surface area contributed by atoms with E-state index in [2.05, 4.69) is 11.2 Å². The maximum Gasteiger partial charge on any atom is 0.0663 e. The summed E-state index contributed by atoms with van der Waals surface area (Å²) in [5.41, 5.74) is -0.633. The largest absolute Gasteiger partial charge is 0.394 e. The molecule has 1 atom stereocenters. The van der Waals surface area contributed by atoms with Gasteiger partial charge in [0.1, 0.15) is 0 Å². The Balaban J connectivity index is 4.22. The number of hydrogen-bond donors (Lipinski definition) is 3. The molecule has 0 saturated carbocycles. The fraction of sp³-hybridized carbons (Fsp3) is 0.778. The Bertz CT molecular complexity index is 150. The monoisotopic (exact) mass is 171 g/mol. The second kappa shape index (κ2) is 5.15. The molecule has 0 rings (SSSR count). The van der Waals surface area contributed by atoms with E-state index < -0.39 is 5.54 Å². The van der Waals surface area contributed by atoms with Crippen molar-refractivity contribution in [3.8, 4) is 12.3 Å². The number of aliphatic hydroxyl groups excluding tert-OH is 2. The molecule has 0 aromatic rings. The van der Waals surface area contributed by atoms with Crippen LogP contribution in [0.15, 0.2) is 0 Å². The Kier molecular flexibility index (Phi) is 4.91. The summed E-state index contributed by atoms with van der Waals surface area (Å²) in [4.78, 5) is 0. The molecule has 12 heavy (non-hydrogen) atoms. The standard InChI is InChI=1S/C9H17NO2/c1-4-8(3)10-9(5-2,6-11)7-12/h1,8,10-12H,5-7H2,2-3H3. The van der Waals surface area contributed by atoms with Crippen LogP contribution in [0, 0.1) is 12.3 Å². The van der Waals surface area contributed by atoms with Crippen LogP contribution in [0.3, 0.4) is 0 Å². The summed E-state index contributed by atoms with van der Waals surface area (Å²) in [5, 5.41) is 21.1. The third-order valence-electron chi connectivity index (χ3n) is 2.05. The van der Waals surface area contributed by atoms with Crippen molar-refractivity contribution in [2.75, 3.05) is 13.2 Å². The Morgan fingerprint density at radius 2 is 2.00 bits per heavy atom. The van der Waals surface area contributed by atoms with Gasteiger partial charge in [0.2, 0.25) is 0 Å². The van der Waals surface area contributed by atoms with Gasteiger partial charge in [-0.1, -0.05) is 12.8 Å². The van der Waals surface area contributed by atoms with Gasteiger partial charge in [-0.25, -0.2) is 0 Å². The lowest BCUT2D eigenvalue weighted by atomic mass is 9.97. The summed E-state index contributed by atoms with van der Waals surface area (Å²) in [5.74, 6) is 2.49. The van der Waals surface area contributed by atoms with E-state index in [0.717, 1.165) is 0 Å². The van der Waals surface area contributed by atoms with Crippen LogP contribution in [-0.2, 0) is 0 Å². The molecule has 1 unspecified atom stereocenters. The first-order chi connectivity index (χ1) is 5.64. The zero-order valence-corrected chi connectivity index (χ0v) is 7.67. The molecule has 3 N–H and O–H groups in total. The second-order valence-corrected chi connectivity index (χ2v) is 2.98. The lowest BCUT2D eigenvalue weighted by Crippen LogP contribution is -2.54. The van der Waals surface area contributed by atoms with Crippen molar-refractivity contribution in [2.45, 2.75) is 31.8 Å². The van der Waals surface area contributed by atoms with Crippen molar-refractivity contribution in [3.63, 3.8) is 0 Å². The molecule has 0 aliphatic heterocycles. The molecule has 0 amide bonds. The lowest BCUT2D eigenvalue weighted by Gasteiger charge is -2.31. The van der Waals surface area contributed by atoms with Gasteiger partial charge in [-0.05, 0) is 13.3 Å². The molecule has 0 heterocycles. The van der Waals surface area contributed by atoms with Crippen molar-refractivity contribution in [3.05, 3.63) is 0 Å². The SMILES string of the molecule is C#CC(C)NC(CC)(CO)CO. The number of nitrogens with one attached hydrogen (secondary N) is 1. The average Bonchev–Trinajstić information content (AvgIpc) is 2.14. The number of aliphatic hydroxyl groups is 2. The first-order valence-electron chi connectivity index (χ1n) is 4.09. The van der Waals surface area contributed by atoms with E-state index in [1.54, 1.807) is 0 Å². The van der Waals surface area contributed by atoms with Crippen LogP contribution in [0.2, 0.25) is 0 Å². The fourth-order valence-corrected chi connectivity index (χ4v) is 0.968. The van der Waals surface area contributed by atoms with Crippen LogP contribution in [-0.4, -0.2) is 35.0 Å². The summed E-state index contributed by atoms with van der Waals surface area (Å²) in [6.45, 7) is 3.50. The lowest BCUT2D eigenvalue weighted by molar-refractivity contribution is 0.0844. The fourth-order valence-electron chi connectivity index (χ4n) is 0.968. The molecule has 3 heteroatoms. The average molecular weight is 171 g/mol. The number of rotatable bonds is 5. The van der Waals surface area contributed by atoms with Gasteiger partial charge in [0.05, 0.1) is 24.8 Å². The summed E-state index contributed by atoms with van der Waals surface area (Å²) >= 11 is 0. The van der Waals surface area contributed by atoms with Crippen LogP contribution in [0.25, 0.3) is 0 Å². The highest BCUT2D eigenvalue weighted by Gasteiger charge is 2.27. The van der Waals surface area contributed by atoms with Crippen molar-refractivity contribution < 1.29 is 10.2 Å². The molecule has 0 aliphatic carbocycles. The van der Waals surface area contributed by atoms with Gasteiger partial charge in [0, 0.05) is 0 Å². The molecule has 0 fully saturated rings. The maximum absolute atomic E-state index is 9.03. The van der Waals surface area contributed by atoms with Crippen molar-refractivity contribution in [1.29, 1.82) is 0 Å². The van der Waals surface area contributed by atoms with E-state index in [9.17, 15) is 0 Å². The van der Waals surface area contributed by atoms with Crippen molar-refractivity contribution in [2.24, 2.45) is 0 Å². The summed E-state index contributed by atoms with van der Waals surface area (Å²) in [6, 6.07) is -0.135. The number of terminal acetylenes is 1. The summed E-state index contributed by atoms with van der Waals surface area (Å²) < 4.78 is 0. The maximum atomic E-state index is 9.03. The first kappa shape index (κ1) is 11.4. The smallest absolute Gasteiger partial charge is 0.0663 e.